The first-order chi connectivity index (χ1) is 9.74. The quantitative estimate of drug-likeness (QED) is 0.170. The molecule has 7 N–H and O–H groups in total. The van der Waals surface area contributed by atoms with Crippen LogP contribution in [0.5, 0.6) is 0 Å². The third-order valence-corrected chi connectivity index (χ3v) is 2.07. The molecule has 0 aromatic carbocycles. The molecule has 0 amide bonds. The molecule has 0 saturated carbocycles. The zero-order valence-electron chi connectivity index (χ0n) is 11.3. The number of ketones is 1. The smallest absolute Gasteiger partial charge is 0.189 e. The van der Waals surface area contributed by atoms with Crippen LogP contribution in [0.15, 0.2) is 25.3 Å². The van der Waals surface area contributed by atoms with Crippen LogP contribution in [0.1, 0.15) is 0 Å². The summed E-state index contributed by atoms with van der Waals surface area (Å²) in [5.74, 6) is -1.00. The Morgan fingerprint density at radius 3 is 1.71 bits per heavy atom. The highest BCUT2D eigenvalue weighted by atomic mass is 16.7. The van der Waals surface area contributed by atoms with Gasteiger partial charge in [0.2, 0.25) is 0 Å². The maximum atomic E-state index is 10.5. The lowest BCUT2D eigenvalue weighted by Gasteiger charge is -2.19. The molecule has 9 heteroatoms. The first-order valence-electron chi connectivity index (χ1n) is 5.80. The minimum absolute atomic E-state index is 0.767. The summed E-state index contributed by atoms with van der Waals surface area (Å²) in [6, 6.07) is 0. The molecule has 0 rings (SSSR count). The van der Waals surface area contributed by atoms with Crippen LogP contribution in [0, 0.1) is 0 Å². The van der Waals surface area contributed by atoms with E-state index in [1.165, 1.54) is 0 Å². The first kappa shape index (κ1) is 22.1. The highest BCUT2D eigenvalue weighted by molar-refractivity contribution is 5.84. The highest BCUT2D eigenvalue weighted by Crippen LogP contribution is 2.00. The second-order valence-electron chi connectivity index (χ2n) is 3.70. The molecule has 0 aliphatic heterocycles. The molecule has 0 aliphatic carbocycles. The number of aliphatic hydroxyl groups excluding tert-OH is 7. The highest BCUT2D eigenvalue weighted by Gasteiger charge is 2.28. The van der Waals surface area contributed by atoms with Crippen molar-refractivity contribution in [3.05, 3.63) is 25.3 Å². The lowest BCUT2D eigenvalue weighted by Crippen LogP contribution is -2.44. The Morgan fingerprint density at radius 1 is 1.00 bits per heavy atom. The van der Waals surface area contributed by atoms with E-state index in [9.17, 15) is 4.79 Å². The molecule has 5 atom stereocenters. The van der Waals surface area contributed by atoms with Gasteiger partial charge in [0.1, 0.15) is 24.9 Å². The molecule has 0 fully saturated rings. The van der Waals surface area contributed by atoms with Gasteiger partial charge in [-0.3, -0.25) is 4.79 Å². The fraction of sp³-hybridized carbons (Fsp3) is 0.583. The Kier molecular flexibility index (Phi) is 13.2. The molecule has 0 saturated heterocycles. The number of ether oxygens (including phenoxy) is 1. The average molecular weight is 310 g/mol. The van der Waals surface area contributed by atoms with E-state index >= 15 is 0 Å². The fourth-order valence-electron chi connectivity index (χ4n) is 0.856. The van der Waals surface area contributed by atoms with Crippen molar-refractivity contribution in [1.82, 2.24) is 0 Å². The van der Waals surface area contributed by atoms with Gasteiger partial charge in [-0.25, -0.2) is 0 Å². The number of carbonyl (C=O) groups is 1. The molecule has 21 heavy (non-hydrogen) atoms. The Balaban J connectivity index is 0. The Hall–Kier alpha value is -1.17. The lowest BCUT2D eigenvalue weighted by atomic mass is 10.1. The molecule has 0 bridgehead atoms. The van der Waals surface area contributed by atoms with E-state index < -0.39 is 49.9 Å². The third-order valence-electron chi connectivity index (χ3n) is 2.07. The van der Waals surface area contributed by atoms with Crippen molar-refractivity contribution in [3.63, 3.8) is 0 Å². The van der Waals surface area contributed by atoms with Crippen LogP contribution >= 0.6 is 0 Å². The number of Topliss-reactive ketones (excluding diaryl/α,β-unsaturated/α-hetero) is 1. The van der Waals surface area contributed by atoms with Gasteiger partial charge in [-0.2, -0.15) is 0 Å². The van der Waals surface area contributed by atoms with Crippen molar-refractivity contribution in [2.24, 2.45) is 0 Å². The van der Waals surface area contributed by atoms with Crippen molar-refractivity contribution in [2.45, 2.75) is 30.9 Å². The van der Waals surface area contributed by atoms with Crippen molar-refractivity contribution in [2.75, 3.05) is 13.2 Å². The van der Waals surface area contributed by atoms with Crippen LogP contribution in [0.25, 0.3) is 0 Å². The average Bonchev–Trinajstić information content (AvgIpc) is 2.51. The van der Waals surface area contributed by atoms with E-state index in [4.69, 9.17) is 35.7 Å². The number of aliphatic hydroxyl groups is 7. The number of hydrogen-bond acceptors (Lipinski definition) is 9. The van der Waals surface area contributed by atoms with Crippen molar-refractivity contribution in [3.8, 4) is 0 Å². The number of carbonyl (C=O) groups excluding carboxylic acids is 1. The van der Waals surface area contributed by atoms with Crippen molar-refractivity contribution in [1.29, 1.82) is 0 Å². The van der Waals surface area contributed by atoms with E-state index in [1.54, 1.807) is 0 Å². The topological polar surface area (TPSA) is 168 Å². The summed E-state index contributed by atoms with van der Waals surface area (Å²) in [6.07, 6.45) is -5.15. The molecular formula is C12H22O9. The minimum Gasteiger partial charge on any atom is -0.394 e. The van der Waals surface area contributed by atoms with E-state index in [0.717, 1.165) is 12.2 Å². The van der Waals surface area contributed by atoms with Crippen LogP contribution in [0.3, 0.4) is 0 Å². The molecule has 0 aromatic rings. The molecule has 124 valence electrons. The summed E-state index contributed by atoms with van der Waals surface area (Å²) < 4.78 is 4.42. The van der Waals surface area contributed by atoms with Gasteiger partial charge in [-0.15, -0.1) is 0 Å². The van der Waals surface area contributed by atoms with E-state index in [1.807, 2.05) is 0 Å². The third kappa shape index (κ3) is 10.2. The molecular weight excluding hydrogens is 288 g/mol. The van der Waals surface area contributed by atoms with Crippen LogP contribution in [0.4, 0.5) is 0 Å². The monoisotopic (exact) mass is 310 g/mol. The summed E-state index contributed by atoms with van der Waals surface area (Å²) in [6.45, 7) is 4.77. The predicted octanol–water partition coefficient (Wildman–Crippen LogP) is -3.37. The van der Waals surface area contributed by atoms with E-state index in [-0.39, 0.29) is 0 Å². The van der Waals surface area contributed by atoms with Crippen molar-refractivity contribution < 1.29 is 45.3 Å². The molecule has 0 spiro atoms. The van der Waals surface area contributed by atoms with Gasteiger partial charge < -0.3 is 40.5 Å². The first-order valence-corrected chi connectivity index (χ1v) is 5.80. The summed E-state index contributed by atoms with van der Waals surface area (Å²) in [4.78, 5) is 10.5. The zero-order valence-corrected chi connectivity index (χ0v) is 11.3. The van der Waals surface area contributed by atoms with Crippen LogP contribution in [0.2, 0.25) is 0 Å². The second-order valence-corrected chi connectivity index (χ2v) is 3.70. The fourth-order valence-corrected chi connectivity index (χ4v) is 0.856. The summed E-state index contributed by atoms with van der Waals surface area (Å²) in [5, 5.41) is 60.3. The minimum atomic E-state index is -1.86. The normalized spacial score (nSPS) is 17.5. The van der Waals surface area contributed by atoms with Gasteiger partial charge in [-0.05, 0) is 12.2 Å². The lowest BCUT2D eigenvalue weighted by molar-refractivity contribution is -0.163. The van der Waals surface area contributed by atoms with Gasteiger partial charge in [0.05, 0.1) is 6.61 Å². The maximum Gasteiger partial charge on any atom is 0.189 e. The van der Waals surface area contributed by atoms with Crippen LogP contribution < -0.4 is 0 Å². The SMILES string of the molecule is C=CC(O)OC(O)C=C.O=C(CO)[C@H](O)[C@@H](O)[C@H](O)CO. The second kappa shape index (κ2) is 12.6. The van der Waals surface area contributed by atoms with E-state index in [0.29, 0.717) is 0 Å². The van der Waals surface area contributed by atoms with Gasteiger partial charge in [0.15, 0.2) is 18.4 Å². The van der Waals surface area contributed by atoms with Crippen LogP contribution in [-0.2, 0) is 9.53 Å². The van der Waals surface area contributed by atoms with E-state index in [2.05, 4.69) is 17.9 Å². The molecule has 9 nitrogen and oxygen atoms in total. The van der Waals surface area contributed by atoms with Gasteiger partial charge >= 0.3 is 0 Å². The Labute approximate surface area is 121 Å². The zero-order chi connectivity index (χ0) is 17.0. The van der Waals surface area contributed by atoms with Gasteiger partial charge in [0, 0.05) is 0 Å². The Morgan fingerprint density at radius 2 is 1.43 bits per heavy atom. The standard InChI is InChI=1S/C6H12O6.C6H10O3/c7-1-3(9)5(11)6(12)4(10)2-8;1-3-5(7)9-6(8)4-2/h3,5-9,11-12H,1-2H2;3-8H,1-2H2/t3-,5+,6+;/m1./s1. The largest absolute Gasteiger partial charge is 0.394 e. The van der Waals surface area contributed by atoms with Crippen molar-refractivity contribution >= 4 is 5.78 Å². The molecule has 2 unspecified atom stereocenters. The summed E-state index contributed by atoms with van der Waals surface area (Å²) in [7, 11) is 0. The molecule has 0 radical (unpaired) electrons. The predicted molar refractivity (Wildman–Crippen MR) is 70.7 cm³/mol. The summed E-state index contributed by atoms with van der Waals surface area (Å²) in [5.41, 5.74) is 0. The van der Waals surface area contributed by atoms with Crippen LogP contribution in [-0.4, -0.2) is 85.6 Å². The molecule has 0 heterocycles. The molecule has 0 aliphatic rings. The van der Waals surface area contributed by atoms with Gasteiger partial charge in [-0.1, -0.05) is 13.2 Å². The number of hydrogen-bond donors (Lipinski definition) is 7. The van der Waals surface area contributed by atoms with Gasteiger partial charge in [0.25, 0.3) is 0 Å². The maximum absolute atomic E-state index is 10.5. The molecule has 0 aromatic heterocycles. The number of rotatable bonds is 9. The summed E-state index contributed by atoms with van der Waals surface area (Å²) >= 11 is 0. The Bertz CT molecular complexity index is 295.